The van der Waals surface area contributed by atoms with Crippen molar-refractivity contribution in [3.63, 3.8) is 0 Å². The van der Waals surface area contributed by atoms with Gasteiger partial charge in [-0.15, -0.1) is 0 Å². The Morgan fingerprint density at radius 2 is 0.900 bits per heavy atom. The topological polar surface area (TPSA) is 95.9 Å². The summed E-state index contributed by atoms with van der Waals surface area (Å²) in [5.41, 5.74) is 0. The van der Waals surface area contributed by atoms with Crippen molar-refractivity contribution in [2.75, 3.05) is 6.61 Å². The van der Waals surface area contributed by atoms with Gasteiger partial charge in [-0.3, -0.25) is 9.59 Å². The number of ether oxygens (including phenoxy) is 1. The van der Waals surface area contributed by atoms with E-state index in [1.807, 2.05) is 36.5 Å². The van der Waals surface area contributed by atoms with E-state index < -0.39 is 18.2 Å². The summed E-state index contributed by atoms with van der Waals surface area (Å²) in [6, 6.07) is -0.710. The zero-order valence-electron chi connectivity index (χ0n) is 39.6. The van der Waals surface area contributed by atoms with Gasteiger partial charge < -0.3 is 20.3 Å². The number of rotatable bonds is 45. The van der Waals surface area contributed by atoms with Crippen LogP contribution in [0.4, 0.5) is 0 Å². The highest BCUT2D eigenvalue weighted by molar-refractivity contribution is 5.77. The quantitative estimate of drug-likeness (QED) is 0.0322. The van der Waals surface area contributed by atoms with Crippen LogP contribution in [0.1, 0.15) is 245 Å². The number of hydrogen-bond donors (Lipinski definition) is 3. The number of carbonyl (C=O) groups excluding carboxylic acids is 2. The van der Waals surface area contributed by atoms with Crippen LogP contribution in [-0.4, -0.2) is 46.9 Å². The Morgan fingerprint density at radius 1 is 0.500 bits per heavy atom. The van der Waals surface area contributed by atoms with Crippen molar-refractivity contribution in [3.05, 3.63) is 60.8 Å². The zero-order valence-corrected chi connectivity index (χ0v) is 39.6. The van der Waals surface area contributed by atoms with Gasteiger partial charge in [-0.1, -0.05) is 248 Å². The lowest BCUT2D eigenvalue weighted by atomic mass is 10.0. The summed E-state index contributed by atoms with van der Waals surface area (Å²) in [5.74, 6) is -0.518. The lowest BCUT2D eigenvalue weighted by molar-refractivity contribution is -0.151. The summed E-state index contributed by atoms with van der Waals surface area (Å²) in [6.07, 6.45) is 58.4. The molecule has 0 bridgehead atoms. The Labute approximate surface area is 371 Å². The molecule has 0 aromatic carbocycles. The molecule has 0 heterocycles. The van der Waals surface area contributed by atoms with Crippen LogP contribution in [0.15, 0.2) is 60.8 Å². The van der Waals surface area contributed by atoms with Crippen LogP contribution >= 0.6 is 0 Å². The number of aliphatic hydroxyl groups is 2. The number of unbranched alkanes of at least 4 members (excludes halogenated alkanes) is 27. The van der Waals surface area contributed by atoms with E-state index in [0.29, 0.717) is 19.3 Å². The normalized spacial score (nSPS) is 13.8. The van der Waals surface area contributed by atoms with E-state index in [9.17, 15) is 19.8 Å². The minimum absolute atomic E-state index is 0.0611. The number of allylic oxidation sites excluding steroid dienone is 10. The first-order chi connectivity index (χ1) is 29.5. The molecule has 60 heavy (non-hydrogen) atoms. The van der Waals surface area contributed by atoms with E-state index in [0.717, 1.165) is 70.6 Å². The molecule has 0 spiro atoms. The maximum Gasteiger partial charge on any atom is 0.306 e. The third kappa shape index (κ3) is 42.3. The van der Waals surface area contributed by atoms with E-state index in [2.05, 4.69) is 50.4 Å². The van der Waals surface area contributed by atoms with Gasteiger partial charge in [-0.2, -0.15) is 0 Å². The van der Waals surface area contributed by atoms with Crippen LogP contribution in [0.25, 0.3) is 0 Å². The molecule has 0 saturated carbocycles. The first-order valence-corrected chi connectivity index (χ1v) is 25.6. The second kappa shape index (κ2) is 47.6. The smallest absolute Gasteiger partial charge is 0.306 e. The Bertz CT molecular complexity index is 1080. The predicted molar refractivity (Wildman–Crippen MR) is 259 cm³/mol. The minimum atomic E-state index is -0.795. The van der Waals surface area contributed by atoms with Gasteiger partial charge in [0.25, 0.3) is 0 Å². The Balaban J connectivity index is 4.62. The van der Waals surface area contributed by atoms with Crippen LogP contribution in [0.3, 0.4) is 0 Å². The lowest BCUT2D eigenvalue weighted by Crippen LogP contribution is -2.46. The summed E-state index contributed by atoms with van der Waals surface area (Å²) in [6.45, 7) is 6.34. The molecule has 3 unspecified atom stereocenters. The number of aliphatic hydroxyl groups excluding tert-OH is 2. The number of hydrogen-bond acceptors (Lipinski definition) is 5. The Hall–Kier alpha value is -2.44. The number of carbonyl (C=O) groups is 2. The summed E-state index contributed by atoms with van der Waals surface area (Å²) >= 11 is 0. The van der Waals surface area contributed by atoms with Crippen molar-refractivity contribution >= 4 is 11.9 Å². The molecule has 3 atom stereocenters. The van der Waals surface area contributed by atoms with E-state index in [1.165, 1.54) is 128 Å². The second-order valence-electron chi connectivity index (χ2n) is 17.3. The number of nitrogens with one attached hydrogen (secondary N) is 1. The molecule has 0 fully saturated rings. The molecule has 348 valence electrons. The second-order valence-corrected chi connectivity index (χ2v) is 17.3. The zero-order chi connectivity index (χ0) is 43.8. The molecule has 0 saturated heterocycles. The molecule has 1 amide bonds. The van der Waals surface area contributed by atoms with Crippen molar-refractivity contribution in [1.29, 1.82) is 0 Å². The van der Waals surface area contributed by atoms with Gasteiger partial charge in [0.05, 0.1) is 25.2 Å². The molecule has 0 radical (unpaired) electrons. The predicted octanol–water partition coefficient (Wildman–Crippen LogP) is 15.2. The van der Waals surface area contributed by atoms with Gasteiger partial charge in [0.15, 0.2) is 0 Å². The van der Waals surface area contributed by atoms with Crippen LogP contribution in [0.5, 0.6) is 0 Å². The molecule has 0 rings (SSSR count). The third-order valence-corrected chi connectivity index (χ3v) is 11.5. The maximum atomic E-state index is 13.2. The molecule has 0 aromatic heterocycles. The van der Waals surface area contributed by atoms with Gasteiger partial charge in [-0.05, 0) is 44.9 Å². The Kier molecular flexibility index (Phi) is 45.7. The minimum Gasteiger partial charge on any atom is -0.462 e. The first-order valence-electron chi connectivity index (χ1n) is 25.6. The number of amides is 1. The monoisotopic (exact) mass is 840 g/mol. The van der Waals surface area contributed by atoms with Crippen molar-refractivity contribution in [2.24, 2.45) is 0 Å². The first kappa shape index (κ1) is 57.6. The molecular formula is C54H97NO5. The fourth-order valence-corrected chi connectivity index (χ4v) is 7.63. The molecular weight excluding hydrogens is 743 g/mol. The van der Waals surface area contributed by atoms with E-state index in [-0.39, 0.29) is 24.9 Å². The van der Waals surface area contributed by atoms with Crippen LogP contribution in [0, 0.1) is 0 Å². The Morgan fingerprint density at radius 3 is 1.35 bits per heavy atom. The molecule has 0 aliphatic rings. The average Bonchev–Trinajstić information content (AvgIpc) is 3.24. The standard InChI is InChI=1S/C54H97NO5/c1-4-7-10-13-16-19-22-25-27-29-32-35-38-41-44-47-54(59)60-50(45-42-39-36-33-30-24-21-18-15-12-9-6-3)48-53(58)55-51(49-56)52(57)46-43-40-37-34-31-28-26-23-20-17-14-11-8-5-2/h7,10,13,16,19,22,25,27,29,32,50-52,56-57H,4-6,8-9,11-12,14-15,17-18,20-21,23-24,26,28,30-31,33-49H2,1-3H3,(H,55,58)/b10-7+,16-13+,22-19-,27-25-,32-29+. The van der Waals surface area contributed by atoms with Gasteiger partial charge in [-0.25, -0.2) is 0 Å². The fraction of sp³-hybridized carbons (Fsp3) is 0.778. The van der Waals surface area contributed by atoms with Crippen LogP contribution < -0.4 is 5.32 Å². The molecule has 0 aromatic rings. The van der Waals surface area contributed by atoms with Crippen molar-refractivity contribution in [3.8, 4) is 0 Å². The lowest BCUT2D eigenvalue weighted by Gasteiger charge is -2.24. The molecule has 3 N–H and O–H groups in total. The van der Waals surface area contributed by atoms with Gasteiger partial charge in [0.2, 0.25) is 5.91 Å². The van der Waals surface area contributed by atoms with E-state index in [4.69, 9.17) is 4.74 Å². The van der Waals surface area contributed by atoms with Crippen LogP contribution in [-0.2, 0) is 14.3 Å². The summed E-state index contributed by atoms with van der Waals surface area (Å²) in [4.78, 5) is 26.1. The van der Waals surface area contributed by atoms with E-state index >= 15 is 0 Å². The molecule has 6 nitrogen and oxygen atoms in total. The van der Waals surface area contributed by atoms with Crippen molar-refractivity contribution < 1.29 is 24.5 Å². The average molecular weight is 840 g/mol. The van der Waals surface area contributed by atoms with Gasteiger partial charge in [0, 0.05) is 6.42 Å². The van der Waals surface area contributed by atoms with Gasteiger partial charge >= 0.3 is 5.97 Å². The fourth-order valence-electron chi connectivity index (χ4n) is 7.63. The van der Waals surface area contributed by atoms with Crippen LogP contribution in [0.2, 0.25) is 0 Å². The SMILES string of the molecule is CC/C=C/C=C/C=C\C=C/C=C/CCCCCC(=O)OC(CCCCCCCCCCCCCC)CC(=O)NC(CO)C(O)CCCCCCCCCCCCCCCC. The summed E-state index contributed by atoms with van der Waals surface area (Å²) in [5, 5.41) is 23.8. The maximum absolute atomic E-state index is 13.2. The molecule has 0 aliphatic carbocycles. The number of esters is 1. The largest absolute Gasteiger partial charge is 0.462 e. The van der Waals surface area contributed by atoms with Crippen molar-refractivity contribution in [1.82, 2.24) is 5.32 Å². The highest BCUT2D eigenvalue weighted by atomic mass is 16.5. The summed E-state index contributed by atoms with van der Waals surface area (Å²) < 4.78 is 5.91. The molecule has 0 aliphatic heterocycles. The van der Waals surface area contributed by atoms with E-state index in [1.54, 1.807) is 0 Å². The summed E-state index contributed by atoms with van der Waals surface area (Å²) in [7, 11) is 0. The highest BCUT2D eigenvalue weighted by Crippen LogP contribution is 2.18. The van der Waals surface area contributed by atoms with Gasteiger partial charge in [0.1, 0.15) is 6.10 Å². The molecule has 6 heteroatoms. The highest BCUT2D eigenvalue weighted by Gasteiger charge is 2.24. The third-order valence-electron chi connectivity index (χ3n) is 11.5. The van der Waals surface area contributed by atoms with Crippen molar-refractivity contribution in [2.45, 2.75) is 264 Å².